The summed E-state index contributed by atoms with van der Waals surface area (Å²) in [5.41, 5.74) is 1.59. The fourth-order valence-electron chi connectivity index (χ4n) is 2.36. The lowest BCUT2D eigenvalue weighted by Gasteiger charge is -2.20. The lowest BCUT2D eigenvalue weighted by atomic mass is 10.0. The molecule has 7 heteroatoms. The van der Waals surface area contributed by atoms with Crippen LogP contribution < -0.4 is 10.6 Å². The van der Waals surface area contributed by atoms with E-state index in [0.717, 1.165) is 11.0 Å². The number of carbonyl (C=O) groups excluding carboxylic acids is 2. The Bertz CT molecular complexity index is 819. The molecule has 3 N–H and O–H groups in total. The number of H-pyrrole nitrogens is 1. The summed E-state index contributed by atoms with van der Waals surface area (Å²) in [5, 5.41) is 5.40. The summed E-state index contributed by atoms with van der Waals surface area (Å²) >= 11 is 0. The van der Waals surface area contributed by atoms with Crippen LogP contribution in [0.25, 0.3) is 11.0 Å². The number of furan rings is 1. The molecular formula is C17H18N4O3. The summed E-state index contributed by atoms with van der Waals surface area (Å²) in [5.74, 6) is -0.369. The molecule has 0 aliphatic heterocycles. The maximum atomic E-state index is 12.5. The van der Waals surface area contributed by atoms with E-state index in [0.29, 0.717) is 5.95 Å². The molecule has 0 aliphatic carbocycles. The predicted octanol–water partition coefficient (Wildman–Crippen LogP) is 2.55. The van der Waals surface area contributed by atoms with Gasteiger partial charge in [-0.25, -0.2) is 4.98 Å². The number of hydrogen-bond acceptors (Lipinski definition) is 4. The normalized spacial score (nSPS) is 12.3. The summed E-state index contributed by atoms with van der Waals surface area (Å²) in [6, 6.07) is 9.92. The van der Waals surface area contributed by atoms with Crippen molar-refractivity contribution in [1.29, 1.82) is 0 Å². The van der Waals surface area contributed by atoms with Gasteiger partial charge in [-0.2, -0.15) is 0 Å². The van der Waals surface area contributed by atoms with E-state index >= 15 is 0 Å². The van der Waals surface area contributed by atoms with Crippen molar-refractivity contribution in [2.45, 2.75) is 19.9 Å². The summed E-state index contributed by atoms with van der Waals surface area (Å²) in [6.07, 6.45) is 1.41. The third-order valence-electron chi connectivity index (χ3n) is 3.61. The Morgan fingerprint density at radius 1 is 1.17 bits per heavy atom. The molecule has 7 nitrogen and oxygen atoms in total. The number of anilines is 1. The van der Waals surface area contributed by atoms with Gasteiger partial charge in [-0.1, -0.05) is 26.0 Å². The quantitative estimate of drug-likeness (QED) is 0.671. The zero-order valence-electron chi connectivity index (χ0n) is 13.4. The van der Waals surface area contributed by atoms with Crippen LogP contribution in [-0.2, 0) is 4.79 Å². The summed E-state index contributed by atoms with van der Waals surface area (Å²) in [4.78, 5) is 32.0. The van der Waals surface area contributed by atoms with Gasteiger partial charge < -0.3 is 14.7 Å². The van der Waals surface area contributed by atoms with Gasteiger partial charge in [-0.05, 0) is 30.2 Å². The summed E-state index contributed by atoms with van der Waals surface area (Å²) in [6.45, 7) is 3.70. The first-order chi connectivity index (χ1) is 11.5. The number of para-hydroxylation sites is 2. The minimum Gasteiger partial charge on any atom is -0.459 e. The SMILES string of the molecule is CC(C)[C@@H](NC(=O)c1ccco1)C(=O)Nc1nc2ccccc2[nH]1. The van der Waals surface area contributed by atoms with Crippen molar-refractivity contribution >= 4 is 28.8 Å². The first kappa shape index (κ1) is 15.8. The highest BCUT2D eigenvalue weighted by Gasteiger charge is 2.26. The molecule has 0 saturated heterocycles. The Morgan fingerprint density at radius 2 is 1.96 bits per heavy atom. The van der Waals surface area contributed by atoms with Gasteiger partial charge in [0, 0.05) is 0 Å². The second-order valence-corrected chi connectivity index (χ2v) is 5.76. The molecule has 0 saturated carbocycles. The van der Waals surface area contributed by atoms with Crippen molar-refractivity contribution < 1.29 is 14.0 Å². The molecule has 124 valence electrons. The molecular weight excluding hydrogens is 308 g/mol. The smallest absolute Gasteiger partial charge is 0.287 e. The van der Waals surface area contributed by atoms with Crippen molar-refractivity contribution in [2.75, 3.05) is 5.32 Å². The number of aromatic amines is 1. The number of amides is 2. The molecule has 0 bridgehead atoms. The van der Waals surface area contributed by atoms with Crippen molar-refractivity contribution in [3.05, 3.63) is 48.4 Å². The van der Waals surface area contributed by atoms with Gasteiger partial charge in [0.25, 0.3) is 5.91 Å². The molecule has 3 rings (SSSR count). The number of rotatable bonds is 5. The van der Waals surface area contributed by atoms with Crippen molar-refractivity contribution in [3.8, 4) is 0 Å². The minimum absolute atomic E-state index is 0.103. The van der Waals surface area contributed by atoms with Gasteiger partial charge in [-0.15, -0.1) is 0 Å². The van der Waals surface area contributed by atoms with Crippen molar-refractivity contribution in [3.63, 3.8) is 0 Å². The van der Waals surface area contributed by atoms with E-state index in [1.54, 1.807) is 12.1 Å². The second-order valence-electron chi connectivity index (χ2n) is 5.76. The maximum Gasteiger partial charge on any atom is 0.287 e. The molecule has 2 aromatic heterocycles. The van der Waals surface area contributed by atoms with Crippen LogP contribution in [0.2, 0.25) is 0 Å². The number of hydrogen-bond donors (Lipinski definition) is 3. The Hall–Kier alpha value is -3.09. The molecule has 2 amide bonds. The molecule has 0 radical (unpaired) electrons. The van der Waals surface area contributed by atoms with Gasteiger partial charge in [-0.3, -0.25) is 14.9 Å². The molecule has 0 spiro atoms. The minimum atomic E-state index is -0.712. The van der Waals surface area contributed by atoms with E-state index in [9.17, 15) is 9.59 Å². The van der Waals surface area contributed by atoms with E-state index < -0.39 is 11.9 Å². The van der Waals surface area contributed by atoms with Crippen LogP contribution in [0.5, 0.6) is 0 Å². The van der Waals surface area contributed by atoms with Gasteiger partial charge in [0.15, 0.2) is 5.76 Å². The highest BCUT2D eigenvalue weighted by atomic mass is 16.3. The van der Waals surface area contributed by atoms with Gasteiger partial charge in [0.1, 0.15) is 6.04 Å². The predicted molar refractivity (Wildman–Crippen MR) is 89.5 cm³/mol. The molecule has 3 aromatic rings. The van der Waals surface area contributed by atoms with E-state index in [2.05, 4.69) is 20.6 Å². The Balaban J connectivity index is 1.73. The monoisotopic (exact) mass is 326 g/mol. The number of carbonyl (C=O) groups is 2. The second kappa shape index (κ2) is 6.57. The Morgan fingerprint density at radius 3 is 2.62 bits per heavy atom. The third-order valence-corrected chi connectivity index (χ3v) is 3.61. The number of nitrogens with one attached hydrogen (secondary N) is 3. The van der Waals surface area contributed by atoms with Crippen molar-refractivity contribution in [1.82, 2.24) is 15.3 Å². The number of aromatic nitrogens is 2. The fraction of sp³-hybridized carbons (Fsp3) is 0.235. The van der Waals surface area contributed by atoms with E-state index in [1.165, 1.54) is 6.26 Å². The zero-order valence-corrected chi connectivity index (χ0v) is 13.4. The van der Waals surface area contributed by atoms with Crippen LogP contribution in [0.15, 0.2) is 47.1 Å². The molecule has 0 fully saturated rings. The lowest BCUT2D eigenvalue weighted by Crippen LogP contribution is -2.47. The third kappa shape index (κ3) is 3.29. The molecule has 0 unspecified atom stereocenters. The van der Waals surface area contributed by atoms with Crippen LogP contribution in [0, 0.1) is 5.92 Å². The lowest BCUT2D eigenvalue weighted by molar-refractivity contribution is -0.118. The number of benzene rings is 1. The molecule has 2 heterocycles. The van der Waals surface area contributed by atoms with Gasteiger partial charge in [0.05, 0.1) is 17.3 Å². The fourth-order valence-corrected chi connectivity index (χ4v) is 2.36. The van der Waals surface area contributed by atoms with E-state index in [4.69, 9.17) is 4.42 Å². The molecule has 1 atom stereocenters. The van der Waals surface area contributed by atoms with E-state index in [1.807, 2.05) is 38.1 Å². The number of nitrogens with zero attached hydrogens (tertiary/aromatic N) is 1. The average Bonchev–Trinajstić information content (AvgIpc) is 3.20. The summed E-state index contributed by atoms with van der Waals surface area (Å²) < 4.78 is 5.05. The Labute approximate surface area is 138 Å². The van der Waals surface area contributed by atoms with Gasteiger partial charge in [0.2, 0.25) is 11.9 Å². The molecule has 1 aromatic carbocycles. The standard InChI is InChI=1S/C17H18N4O3/c1-10(2)14(20-15(22)13-8-5-9-24-13)16(23)21-17-18-11-6-3-4-7-12(11)19-17/h3-10,14H,1-2H3,(H,20,22)(H2,18,19,21,23)/t14-/m1/s1. The zero-order chi connectivity index (χ0) is 17.1. The van der Waals surface area contributed by atoms with Gasteiger partial charge >= 0.3 is 0 Å². The Kier molecular flexibility index (Phi) is 4.33. The first-order valence-corrected chi connectivity index (χ1v) is 7.64. The summed E-state index contributed by atoms with van der Waals surface area (Å²) in [7, 11) is 0. The first-order valence-electron chi connectivity index (χ1n) is 7.64. The van der Waals surface area contributed by atoms with Crippen LogP contribution in [-0.4, -0.2) is 27.8 Å². The number of imidazole rings is 1. The topological polar surface area (TPSA) is 100 Å². The largest absolute Gasteiger partial charge is 0.459 e. The molecule has 0 aliphatic rings. The van der Waals surface area contributed by atoms with Crippen molar-refractivity contribution in [2.24, 2.45) is 5.92 Å². The van der Waals surface area contributed by atoms with E-state index in [-0.39, 0.29) is 17.6 Å². The van der Waals surface area contributed by atoms with Crippen LogP contribution >= 0.6 is 0 Å². The average molecular weight is 326 g/mol. The highest BCUT2D eigenvalue weighted by Crippen LogP contribution is 2.14. The van der Waals surface area contributed by atoms with Crippen LogP contribution in [0.3, 0.4) is 0 Å². The highest BCUT2D eigenvalue weighted by molar-refractivity contribution is 6.00. The number of fused-ring (bicyclic) bond motifs is 1. The molecule has 24 heavy (non-hydrogen) atoms. The van der Waals surface area contributed by atoms with Crippen LogP contribution in [0.4, 0.5) is 5.95 Å². The van der Waals surface area contributed by atoms with Crippen LogP contribution in [0.1, 0.15) is 24.4 Å². The maximum absolute atomic E-state index is 12.5.